The molecule has 4 nitrogen and oxygen atoms in total. The van der Waals surface area contributed by atoms with Crippen molar-refractivity contribution in [2.24, 2.45) is 5.73 Å². The van der Waals surface area contributed by atoms with Gasteiger partial charge in [0.05, 0.1) is 5.69 Å². The van der Waals surface area contributed by atoms with Gasteiger partial charge in [-0.05, 0) is 0 Å². The van der Waals surface area contributed by atoms with E-state index in [2.05, 4.69) is 4.98 Å². The van der Waals surface area contributed by atoms with Crippen LogP contribution in [-0.4, -0.2) is 12.1 Å². The van der Waals surface area contributed by atoms with Gasteiger partial charge >= 0.3 is 0 Å². The second-order valence-corrected chi connectivity index (χ2v) is 1.86. The zero-order valence-corrected chi connectivity index (χ0v) is 5.83. The average Bonchev–Trinajstić information content (AvgIpc) is 2.36. The molecule has 0 aromatic carbocycles. The third-order valence-corrected chi connectivity index (χ3v) is 1.19. The van der Waals surface area contributed by atoms with Gasteiger partial charge in [0.25, 0.3) is 0 Å². The number of hydrogen-bond donors (Lipinski definition) is 1. The molecule has 0 fully saturated rings. The lowest BCUT2D eigenvalue weighted by Gasteiger charge is -1.94. The lowest BCUT2D eigenvalue weighted by Crippen LogP contribution is -2.00. The topological polar surface area (TPSA) is 61.3 Å². The highest BCUT2D eigenvalue weighted by molar-refractivity contribution is 5.04. The minimum Gasteiger partial charge on any atom is -0.446 e. The van der Waals surface area contributed by atoms with Crippen LogP contribution in [0.1, 0.15) is 11.5 Å². The zero-order chi connectivity index (χ0) is 7.40. The highest BCUT2D eigenvalue weighted by Crippen LogP contribution is 2.05. The number of ether oxygens (including phenoxy) is 1. The number of hydrogen-bond acceptors (Lipinski definition) is 4. The summed E-state index contributed by atoms with van der Waals surface area (Å²) in [5.41, 5.74) is 6.11. The number of methoxy groups -OCH3 is 1. The van der Waals surface area contributed by atoms with Crippen LogP contribution in [0, 0.1) is 0 Å². The van der Waals surface area contributed by atoms with Crippen molar-refractivity contribution in [3.05, 3.63) is 17.8 Å². The quantitative estimate of drug-likeness (QED) is 0.658. The third-order valence-electron chi connectivity index (χ3n) is 1.19. The second kappa shape index (κ2) is 3.34. The van der Waals surface area contributed by atoms with Gasteiger partial charge in [0.1, 0.15) is 6.61 Å². The van der Waals surface area contributed by atoms with Gasteiger partial charge in [0.15, 0.2) is 12.2 Å². The molecule has 10 heavy (non-hydrogen) atoms. The van der Waals surface area contributed by atoms with Crippen molar-refractivity contribution in [2.45, 2.75) is 13.2 Å². The summed E-state index contributed by atoms with van der Waals surface area (Å²) in [7, 11) is 1.60. The maximum atomic E-state index is 5.35. The van der Waals surface area contributed by atoms with Crippen molar-refractivity contribution in [3.8, 4) is 0 Å². The van der Waals surface area contributed by atoms with Crippen LogP contribution in [-0.2, 0) is 17.9 Å². The normalized spacial score (nSPS) is 10.2. The summed E-state index contributed by atoms with van der Waals surface area (Å²) in [4.78, 5) is 3.88. The molecule has 0 aliphatic rings. The van der Waals surface area contributed by atoms with Crippen LogP contribution in [0.15, 0.2) is 10.8 Å². The zero-order valence-electron chi connectivity index (χ0n) is 5.83. The predicted molar refractivity (Wildman–Crippen MR) is 35.1 cm³/mol. The van der Waals surface area contributed by atoms with Gasteiger partial charge in [0.2, 0.25) is 0 Å². The maximum absolute atomic E-state index is 5.35. The van der Waals surface area contributed by atoms with E-state index in [4.69, 9.17) is 14.9 Å². The van der Waals surface area contributed by atoms with E-state index >= 15 is 0 Å². The summed E-state index contributed by atoms with van der Waals surface area (Å²) < 4.78 is 9.82. The van der Waals surface area contributed by atoms with E-state index in [-0.39, 0.29) is 0 Å². The molecule has 1 rings (SSSR count). The molecule has 2 N–H and O–H groups in total. The predicted octanol–water partition coefficient (Wildman–Crippen LogP) is 0.280. The molecule has 0 aliphatic heterocycles. The number of nitrogens with zero attached hydrogens (tertiary/aromatic N) is 1. The fourth-order valence-corrected chi connectivity index (χ4v) is 0.709. The van der Waals surface area contributed by atoms with Crippen molar-refractivity contribution >= 4 is 0 Å². The van der Waals surface area contributed by atoms with Gasteiger partial charge in [-0.3, -0.25) is 0 Å². The molecule has 0 saturated carbocycles. The lowest BCUT2D eigenvalue weighted by atomic mass is 10.3. The SMILES string of the molecule is COCc1ocnc1CN. The first-order valence-corrected chi connectivity index (χ1v) is 2.98. The molecule has 56 valence electrons. The number of aromatic nitrogens is 1. The number of oxazole rings is 1. The van der Waals surface area contributed by atoms with Crippen molar-refractivity contribution in [3.63, 3.8) is 0 Å². The van der Waals surface area contributed by atoms with Gasteiger partial charge in [0, 0.05) is 13.7 Å². The van der Waals surface area contributed by atoms with Crippen LogP contribution in [0.2, 0.25) is 0 Å². The van der Waals surface area contributed by atoms with Crippen molar-refractivity contribution in [1.82, 2.24) is 4.98 Å². The first-order valence-electron chi connectivity index (χ1n) is 2.98. The summed E-state index contributed by atoms with van der Waals surface area (Å²) in [6.45, 7) is 0.835. The largest absolute Gasteiger partial charge is 0.446 e. The average molecular weight is 142 g/mol. The molecule has 4 heteroatoms. The summed E-state index contributed by atoms with van der Waals surface area (Å²) in [6.07, 6.45) is 1.37. The Morgan fingerprint density at radius 1 is 1.80 bits per heavy atom. The first-order chi connectivity index (χ1) is 4.88. The molecule has 0 atom stereocenters. The molecule has 0 aliphatic carbocycles. The van der Waals surface area contributed by atoms with Gasteiger partial charge in [-0.25, -0.2) is 4.98 Å². The van der Waals surface area contributed by atoms with Gasteiger partial charge in [-0.15, -0.1) is 0 Å². The molecule has 1 aromatic rings. The van der Waals surface area contributed by atoms with E-state index in [1.807, 2.05) is 0 Å². The molecule has 0 amide bonds. The van der Waals surface area contributed by atoms with E-state index in [9.17, 15) is 0 Å². The van der Waals surface area contributed by atoms with E-state index in [0.717, 1.165) is 5.69 Å². The molecule has 0 radical (unpaired) electrons. The van der Waals surface area contributed by atoms with E-state index < -0.39 is 0 Å². The lowest BCUT2D eigenvalue weighted by molar-refractivity contribution is 0.163. The second-order valence-electron chi connectivity index (χ2n) is 1.86. The molecule has 1 aromatic heterocycles. The molecule has 1 heterocycles. The van der Waals surface area contributed by atoms with Crippen LogP contribution < -0.4 is 5.73 Å². The van der Waals surface area contributed by atoms with E-state index in [1.54, 1.807) is 7.11 Å². The number of rotatable bonds is 3. The summed E-state index contributed by atoms with van der Waals surface area (Å²) >= 11 is 0. The molecular weight excluding hydrogens is 132 g/mol. The van der Waals surface area contributed by atoms with Crippen LogP contribution in [0.3, 0.4) is 0 Å². The molecule has 0 saturated heterocycles. The van der Waals surface area contributed by atoms with E-state index in [1.165, 1.54) is 6.39 Å². The Hall–Kier alpha value is -0.870. The third kappa shape index (κ3) is 1.34. The number of nitrogens with two attached hydrogens (primary N) is 1. The van der Waals surface area contributed by atoms with Gasteiger partial charge in [-0.2, -0.15) is 0 Å². The Kier molecular flexibility index (Phi) is 2.42. The van der Waals surface area contributed by atoms with Crippen LogP contribution in [0.25, 0.3) is 0 Å². The van der Waals surface area contributed by atoms with E-state index in [0.29, 0.717) is 18.9 Å². The molecule has 0 bridgehead atoms. The van der Waals surface area contributed by atoms with Crippen molar-refractivity contribution in [2.75, 3.05) is 7.11 Å². The smallest absolute Gasteiger partial charge is 0.181 e. The minimum atomic E-state index is 0.398. The Morgan fingerprint density at radius 3 is 3.20 bits per heavy atom. The molecule has 0 unspecified atom stereocenters. The Bertz CT molecular complexity index is 197. The fourth-order valence-electron chi connectivity index (χ4n) is 0.709. The molecular formula is C6H10N2O2. The standard InChI is InChI=1S/C6H10N2O2/c1-9-3-6-5(2-7)8-4-10-6/h4H,2-3,7H2,1H3. The van der Waals surface area contributed by atoms with Crippen molar-refractivity contribution < 1.29 is 9.15 Å². The highest BCUT2D eigenvalue weighted by atomic mass is 16.5. The van der Waals surface area contributed by atoms with Crippen LogP contribution in [0.4, 0.5) is 0 Å². The Morgan fingerprint density at radius 2 is 2.60 bits per heavy atom. The maximum Gasteiger partial charge on any atom is 0.181 e. The summed E-state index contributed by atoms with van der Waals surface area (Å²) in [6, 6.07) is 0. The van der Waals surface area contributed by atoms with Gasteiger partial charge < -0.3 is 14.9 Å². The van der Waals surface area contributed by atoms with Crippen molar-refractivity contribution in [1.29, 1.82) is 0 Å². The minimum absolute atomic E-state index is 0.398. The Balaban J connectivity index is 2.70. The van der Waals surface area contributed by atoms with Crippen LogP contribution in [0.5, 0.6) is 0 Å². The summed E-state index contributed by atoms with van der Waals surface area (Å²) in [5, 5.41) is 0. The molecule has 0 spiro atoms. The fraction of sp³-hybridized carbons (Fsp3) is 0.500. The van der Waals surface area contributed by atoms with Gasteiger partial charge in [-0.1, -0.05) is 0 Å². The summed E-state index contributed by atoms with van der Waals surface area (Å²) in [5.74, 6) is 0.713. The highest BCUT2D eigenvalue weighted by Gasteiger charge is 2.03. The van der Waals surface area contributed by atoms with Crippen LogP contribution >= 0.6 is 0 Å². The first kappa shape index (κ1) is 7.24. The monoisotopic (exact) mass is 142 g/mol. The Labute approximate surface area is 59.0 Å².